The van der Waals surface area contributed by atoms with Crippen molar-refractivity contribution >= 4 is 5.95 Å². The molecule has 1 aromatic heterocycles. The lowest BCUT2D eigenvalue weighted by Gasteiger charge is -2.11. The first-order valence-electron chi connectivity index (χ1n) is 5.20. The minimum atomic E-state index is -0.410. The maximum atomic E-state index is 9.41. The molecule has 0 aliphatic rings. The van der Waals surface area contributed by atoms with Gasteiger partial charge in [-0.25, -0.2) is 4.98 Å². The first kappa shape index (κ1) is 12.0. The summed E-state index contributed by atoms with van der Waals surface area (Å²) in [5, 5.41) is 12.6. The summed E-state index contributed by atoms with van der Waals surface area (Å²) in [6.07, 6.45) is 3.93. The summed E-state index contributed by atoms with van der Waals surface area (Å²) in [5.41, 5.74) is 0. The average molecular weight is 213 g/mol. The van der Waals surface area contributed by atoms with E-state index in [1.807, 2.05) is 10.8 Å². The first-order chi connectivity index (χ1) is 7.27. The Morgan fingerprint density at radius 1 is 1.67 bits per heavy atom. The van der Waals surface area contributed by atoms with Gasteiger partial charge in [0.05, 0.1) is 12.7 Å². The zero-order valence-corrected chi connectivity index (χ0v) is 9.31. The number of nitrogens with one attached hydrogen (secondary N) is 1. The molecule has 0 amide bonds. The van der Waals surface area contributed by atoms with Gasteiger partial charge >= 0.3 is 0 Å². The lowest BCUT2D eigenvalue weighted by Crippen LogP contribution is -2.19. The molecule has 0 aliphatic carbocycles. The van der Waals surface area contributed by atoms with Gasteiger partial charge in [-0.3, -0.25) is 0 Å². The molecule has 86 valence electrons. The third-order valence-electron chi connectivity index (χ3n) is 2.18. The molecule has 15 heavy (non-hydrogen) atoms. The molecule has 1 aromatic rings. The van der Waals surface area contributed by atoms with E-state index in [2.05, 4.69) is 17.2 Å². The Hall–Kier alpha value is -1.07. The normalized spacial score (nSPS) is 12.7. The van der Waals surface area contributed by atoms with E-state index in [-0.39, 0.29) is 0 Å². The van der Waals surface area contributed by atoms with Gasteiger partial charge in [-0.1, -0.05) is 0 Å². The van der Waals surface area contributed by atoms with Crippen molar-refractivity contribution in [2.75, 3.05) is 25.6 Å². The van der Waals surface area contributed by atoms with Crippen LogP contribution in [0, 0.1) is 0 Å². The summed E-state index contributed by atoms with van der Waals surface area (Å²) in [7, 11) is 1.58. The van der Waals surface area contributed by atoms with Crippen LogP contribution in [0.3, 0.4) is 0 Å². The molecule has 0 aliphatic heterocycles. The fourth-order valence-corrected chi connectivity index (χ4v) is 1.36. The van der Waals surface area contributed by atoms with Crippen molar-refractivity contribution in [2.24, 2.45) is 0 Å². The van der Waals surface area contributed by atoms with E-state index in [0.717, 1.165) is 12.5 Å². The minimum absolute atomic E-state index is 0.379. The number of imidazole rings is 1. The molecule has 0 saturated heterocycles. The predicted octanol–water partition coefficient (Wildman–Crippen LogP) is 0.712. The quantitative estimate of drug-likeness (QED) is 0.700. The van der Waals surface area contributed by atoms with Crippen molar-refractivity contribution in [2.45, 2.75) is 26.0 Å². The number of aliphatic hydroxyl groups is 1. The number of hydrogen-bond donors (Lipinski definition) is 2. The highest BCUT2D eigenvalue weighted by atomic mass is 16.5. The Morgan fingerprint density at radius 2 is 2.47 bits per heavy atom. The number of aromatic nitrogens is 2. The molecule has 5 heteroatoms. The highest BCUT2D eigenvalue weighted by molar-refractivity contribution is 5.25. The number of rotatable bonds is 7. The fraction of sp³-hybridized carbons (Fsp3) is 0.700. The number of aryl methyl sites for hydroxylation is 1. The number of anilines is 1. The second-order valence-corrected chi connectivity index (χ2v) is 3.36. The van der Waals surface area contributed by atoms with Gasteiger partial charge in [0.15, 0.2) is 0 Å². The van der Waals surface area contributed by atoms with Gasteiger partial charge in [0.25, 0.3) is 0 Å². The van der Waals surface area contributed by atoms with Crippen molar-refractivity contribution in [3.63, 3.8) is 0 Å². The van der Waals surface area contributed by atoms with E-state index in [1.54, 1.807) is 13.3 Å². The molecule has 1 rings (SSSR count). The molecule has 0 fully saturated rings. The van der Waals surface area contributed by atoms with Crippen LogP contribution >= 0.6 is 0 Å². The Balaban J connectivity index is 2.25. The summed E-state index contributed by atoms with van der Waals surface area (Å²) in [4.78, 5) is 4.17. The van der Waals surface area contributed by atoms with Crippen LogP contribution in [0.2, 0.25) is 0 Å². The maximum Gasteiger partial charge on any atom is 0.202 e. The Morgan fingerprint density at radius 3 is 3.13 bits per heavy atom. The lowest BCUT2D eigenvalue weighted by atomic mass is 10.3. The molecular weight excluding hydrogens is 194 g/mol. The van der Waals surface area contributed by atoms with Crippen molar-refractivity contribution < 1.29 is 9.84 Å². The van der Waals surface area contributed by atoms with Gasteiger partial charge in [-0.05, 0) is 13.3 Å². The molecule has 0 bridgehead atoms. The van der Waals surface area contributed by atoms with E-state index in [0.29, 0.717) is 19.6 Å². The van der Waals surface area contributed by atoms with Crippen LogP contribution in [-0.2, 0) is 11.3 Å². The lowest BCUT2D eigenvalue weighted by molar-refractivity contribution is 0.0615. The number of methoxy groups -OCH3 is 1. The second-order valence-electron chi connectivity index (χ2n) is 3.36. The molecule has 0 radical (unpaired) electrons. The van der Waals surface area contributed by atoms with Crippen LogP contribution in [0.15, 0.2) is 12.4 Å². The highest BCUT2D eigenvalue weighted by Crippen LogP contribution is 2.04. The SMILES string of the molecule is CCn1ccnc1NCCC(O)COC. The first-order valence-corrected chi connectivity index (χ1v) is 5.20. The number of aliphatic hydroxyl groups excluding tert-OH is 1. The number of ether oxygens (including phenoxy) is 1. The van der Waals surface area contributed by atoms with Crippen LogP contribution in [0.1, 0.15) is 13.3 Å². The predicted molar refractivity (Wildman–Crippen MR) is 58.9 cm³/mol. The molecule has 5 nitrogen and oxygen atoms in total. The molecular formula is C10H19N3O2. The summed E-state index contributed by atoms with van der Waals surface area (Å²) < 4.78 is 6.85. The monoisotopic (exact) mass is 213 g/mol. The molecule has 1 atom stereocenters. The van der Waals surface area contributed by atoms with E-state index >= 15 is 0 Å². The standard InChI is InChI=1S/C10H19N3O2/c1-3-13-7-6-12-10(13)11-5-4-9(14)8-15-2/h6-7,9,14H,3-5,8H2,1-2H3,(H,11,12). The summed E-state index contributed by atoms with van der Waals surface area (Å²) >= 11 is 0. The molecule has 0 spiro atoms. The molecule has 2 N–H and O–H groups in total. The maximum absolute atomic E-state index is 9.41. The largest absolute Gasteiger partial charge is 0.391 e. The summed E-state index contributed by atoms with van der Waals surface area (Å²) in [6.45, 7) is 4.03. The van der Waals surface area contributed by atoms with Gasteiger partial charge in [0.2, 0.25) is 5.95 Å². The van der Waals surface area contributed by atoms with Gasteiger partial charge in [-0.2, -0.15) is 0 Å². The Kier molecular flexibility index (Phi) is 5.14. The Bertz CT molecular complexity index is 275. The second kappa shape index (κ2) is 6.42. The number of hydrogen-bond acceptors (Lipinski definition) is 4. The van der Waals surface area contributed by atoms with Crippen LogP contribution in [0.4, 0.5) is 5.95 Å². The van der Waals surface area contributed by atoms with Gasteiger partial charge in [-0.15, -0.1) is 0 Å². The summed E-state index contributed by atoms with van der Waals surface area (Å²) in [6, 6.07) is 0. The van der Waals surface area contributed by atoms with Gasteiger partial charge < -0.3 is 19.7 Å². The van der Waals surface area contributed by atoms with Crippen molar-refractivity contribution in [3.8, 4) is 0 Å². The van der Waals surface area contributed by atoms with E-state index in [1.165, 1.54) is 0 Å². The van der Waals surface area contributed by atoms with Crippen molar-refractivity contribution in [1.29, 1.82) is 0 Å². The third-order valence-corrected chi connectivity index (χ3v) is 2.18. The van der Waals surface area contributed by atoms with Gasteiger partial charge in [0, 0.05) is 32.6 Å². The minimum Gasteiger partial charge on any atom is -0.391 e. The van der Waals surface area contributed by atoms with Crippen LogP contribution in [0.5, 0.6) is 0 Å². The van der Waals surface area contributed by atoms with Crippen LogP contribution in [-0.4, -0.2) is 41.0 Å². The summed E-state index contributed by atoms with van der Waals surface area (Å²) in [5.74, 6) is 0.849. The highest BCUT2D eigenvalue weighted by Gasteiger charge is 2.04. The third kappa shape index (κ3) is 3.89. The van der Waals surface area contributed by atoms with Crippen molar-refractivity contribution in [3.05, 3.63) is 12.4 Å². The number of nitrogens with zero attached hydrogens (tertiary/aromatic N) is 2. The van der Waals surface area contributed by atoms with Crippen molar-refractivity contribution in [1.82, 2.24) is 9.55 Å². The zero-order chi connectivity index (χ0) is 11.1. The van der Waals surface area contributed by atoms with E-state index in [4.69, 9.17) is 4.74 Å². The Labute approximate surface area is 90.1 Å². The van der Waals surface area contributed by atoms with Crippen LogP contribution in [0.25, 0.3) is 0 Å². The zero-order valence-electron chi connectivity index (χ0n) is 9.31. The average Bonchev–Trinajstić information content (AvgIpc) is 2.66. The molecule has 1 heterocycles. The smallest absolute Gasteiger partial charge is 0.202 e. The van der Waals surface area contributed by atoms with E-state index < -0.39 is 6.10 Å². The molecule has 0 aromatic carbocycles. The van der Waals surface area contributed by atoms with Gasteiger partial charge in [0.1, 0.15) is 0 Å². The molecule has 1 unspecified atom stereocenters. The fourth-order valence-electron chi connectivity index (χ4n) is 1.36. The van der Waals surface area contributed by atoms with E-state index in [9.17, 15) is 5.11 Å². The van der Waals surface area contributed by atoms with Crippen LogP contribution < -0.4 is 5.32 Å². The molecule has 0 saturated carbocycles. The topological polar surface area (TPSA) is 59.3 Å².